The second-order valence-corrected chi connectivity index (χ2v) is 8.94. The molecule has 2 aliphatic heterocycles. The highest BCUT2D eigenvalue weighted by atomic mass is 35.5. The van der Waals surface area contributed by atoms with Crippen LogP contribution in [0.25, 0.3) is 5.70 Å². The zero-order valence-electron chi connectivity index (χ0n) is 17.5. The maximum atomic E-state index is 15.2. The van der Waals surface area contributed by atoms with Gasteiger partial charge in [-0.2, -0.15) is 4.98 Å². The molecule has 1 aromatic heterocycles. The molecule has 0 spiro atoms. The lowest BCUT2D eigenvalue weighted by atomic mass is 9.84. The molecule has 164 valence electrons. The SMILES string of the molecule is CSc1nc2n(n1)[C@@H](c1ccccc1F)C1=C(N2)c2ccccc2O[C@@H]1c1ccccc1Cl. The molecule has 0 saturated carbocycles. The van der Waals surface area contributed by atoms with E-state index in [0.29, 0.717) is 21.7 Å². The minimum atomic E-state index is -0.569. The average molecular weight is 477 g/mol. The van der Waals surface area contributed by atoms with E-state index in [4.69, 9.17) is 16.3 Å². The number of hydrogen-bond donors (Lipinski definition) is 1. The quantitative estimate of drug-likeness (QED) is 0.349. The summed E-state index contributed by atoms with van der Waals surface area (Å²) in [4.78, 5) is 4.63. The maximum Gasteiger partial charge on any atom is 0.227 e. The van der Waals surface area contributed by atoms with Crippen LogP contribution in [-0.2, 0) is 0 Å². The van der Waals surface area contributed by atoms with E-state index in [0.717, 1.165) is 28.1 Å². The second-order valence-electron chi connectivity index (χ2n) is 7.76. The fraction of sp³-hybridized carbons (Fsp3) is 0.120. The molecule has 33 heavy (non-hydrogen) atoms. The summed E-state index contributed by atoms with van der Waals surface area (Å²) in [5, 5.41) is 9.32. The summed E-state index contributed by atoms with van der Waals surface area (Å²) in [7, 11) is 0. The Bertz CT molecular complexity index is 1420. The van der Waals surface area contributed by atoms with Crippen LogP contribution in [0.15, 0.2) is 83.5 Å². The van der Waals surface area contributed by atoms with Crippen molar-refractivity contribution in [3.63, 3.8) is 0 Å². The number of anilines is 1. The molecular weight excluding hydrogens is 459 g/mol. The molecule has 3 aromatic carbocycles. The van der Waals surface area contributed by atoms with Crippen molar-refractivity contribution >= 4 is 35.0 Å². The summed E-state index contributed by atoms with van der Waals surface area (Å²) in [6.07, 6.45) is 1.37. The first-order chi connectivity index (χ1) is 16.2. The number of fused-ring (bicyclic) bond motifs is 3. The van der Waals surface area contributed by atoms with Crippen LogP contribution in [0.2, 0.25) is 5.02 Å². The first-order valence-electron chi connectivity index (χ1n) is 10.4. The standard InChI is InChI=1S/C25H18ClFN4OS/c1-33-25-29-24-28-21-16-10-4-7-13-19(16)32-23(14-8-2-5-11-17(14)26)20(21)22(31(24)30-25)15-9-3-6-12-18(15)27/h2-13,22-23H,1H3,(H,28,29,30)/t22-,23+/m0/s1. The van der Waals surface area contributed by atoms with Crippen LogP contribution in [0, 0.1) is 5.82 Å². The number of halogens is 2. The van der Waals surface area contributed by atoms with Crippen molar-refractivity contribution in [2.75, 3.05) is 11.6 Å². The number of rotatable bonds is 3. The van der Waals surface area contributed by atoms with Crippen LogP contribution in [0.3, 0.4) is 0 Å². The van der Waals surface area contributed by atoms with Gasteiger partial charge in [0.15, 0.2) is 6.10 Å². The smallest absolute Gasteiger partial charge is 0.227 e. The first kappa shape index (κ1) is 20.3. The largest absolute Gasteiger partial charge is 0.480 e. The van der Waals surface area contributed by atoms with Crippen molar-refractivity contribution in [1.29, 1.82) is 0 Å². The van der Waals surface area contributed by atoms with Gasteiger partial charge in [-0.3, -0.25) is 0 Å². The highest BCUT2D eigenvalue weighted by Gasteiger charge is 2.42. The summed E-state index contributed by atoms with van der Waals surface area (Å²) >= 11 is 8.07. The Labute approximate surface area is 199 Å². The third kappa shape index (κ3) is 3.22. The molecule has 0 saturated heterocycles. The molecule has 0 fully saturated rings. The fourth-order valence-corrected chi connectivity index (χ4v) is 5.07. The normalized spacial score (nSPS) is 18.6. The Kier molecular flexibility index (Phi) is 4.89. The van der Waals surface area contributed by atoms with E-state index >= 15 is 4.39 Å². The molecular formula is C25H18ClFN4OS. The molecule has 2 aliphatic rings. The number of thioether (sulfide) groups is 1. The predicted octanol–water partition coefficient (Wildman–Crippen LogP) is 6.35. The van der Waals surface area contributed by atoms with E-state index < -0.39 is 12.1 Å². The number of hydrogen-bond acceptors (Lipinski definition) is 5. The Morgan fingerprint density at radius 3 is 2.52 bits per heavy atom. The van der Waals surface area contributed by atoms with Gasteiger partial charge in [0.2, 0.25) is 11.1 Å². The molecule has 4 aromatic rings. The molecule has 0 unspecified atom stereocenters. The third-order valence-electron chi connectivity index (χ3n) is 5.93. The topological polar surface area (TPSA) is 52.0 Å². The Hall–Kier alpha value is -3.29. The summed E-state index contributed by atoms with van der Waals surface area (Å²) < 4.78 is 23.5. The molecule has 1 N–H and O–H groups in total. The number of aromatic nitrogens is 3. The van der Waals surface area contributed by atoms with Crippen molar-refractivity contribution in [1.82, 2.24) is 14.8 Å². The van der Waals surface area contributed by atoms with Crippen LogP contribution in [0.5, 0.6) is 5.75 Å². The zero-order chi connectivity index (χ0) is 22.5. The van der Waals surface area contributed by atoms with E-state index in [1.165, 1.54) is 17.8 Å². The lowest BCUT2D eigenvalue weighted by Gasteiger charge is -2.39. The van der Waals surface area contributed by atoms with Crippen LogP contribution in [0.1, 0.15) is 28.8 Å². The van der Waals surface area contributed by atoms with Crippen LogP contribution in [0.4, 0.5) is 10.3 Å². The summed E-state index contributed by atoms with van der Waals surface area (Å²) in [5.41, 5.74) is 3.85. The molecule has 3 heterocycles. The van der Waals surface area contributed by atoms with Gasteiger partial charge in [0.25, 0.3) is 0 Å². The van der Waals surface area contributed by atoms with Gasteiger partial charge in [-0.25, -0.2) is 9.07 Å². The van der Waals surface area contributed by atoms with Crippen molar-refractivity contribution in [2.24, 2.45) is 0 Å². The van der Waals surface area contributed by atoms with Gasteiger partial charge in [0, 0.05) is 27.3 Å². The average Bonchev–Trinajstić information content (AvgIpc) is 3.26. The molecule has 2 atom stereocenters. The minimum Gasteiger partial charge on any atom is -0.480 e. The van der Waals surface area contributed by atoms with Gasteiger partial charge >= 0.3 is 0 Å². The first-order valence-corrected chi connectivity index (χ1v) is 12.0. The predicted molar refractivity (Wildman–Crippen MR) is 128 cm³/mol. The lowest BCUT2D eigenvalue weighted by Crippen LogP contribution is -2.33. The van der Waals surface area contributed by atoms with Gasteiger partial charge in [-0.05, 0) is 30.5 Å². The van der Waals surface area contributed by atoms with Crippen molar-refractivity contribution in [3.8, 4) is 5.75 Å². The Morgan fingerprint density at radius 1 is 1.00 bits per heavy atom. The van der Waals surface area contributed by atoms with Gasteiger partial charge in [-0.1, -0.05) is 71.9 Å². The molecule has 8 heteroatoms. The number of para-hydroxylation sites is 1. The highest BCUT2D eigenvalue weighted by Crippen LogP contribution is 2.51. The van der Waals surface area contributed by atoms with E-state index in [1.54, 1.807) is 16.8 Å². The van der Waals surface area contributed by atoms with Crippen molar-refractivity contribution < 1.29 is 9.13 Å². The van der Waals surface area contributed by atoms with Gasteiger partial charge in [-0.15, -0.1) is 5.10 Å². The molecule has 6 rings (SSSR count). The molecule has 0 bridgehead atoms. The van der Waals surface area contributed by atoms with Gasteiger partial charge in [0.1, 0.15) is 17.6 Å². The summed E-state index contributed by atoms with van der Waals surface area (Å²) in [6.45, 7) is 0. The van der Waals surface area contributed by atoms with Gasteiger partial charge < -0.3 is 10.1 Å². The number of ether oxygens (including phenoxy) is 1. The van der Waals surface area contributed by atoms with Crippen LogP contribution >= 0.6 is 23.4 Å². The number of nitrogens with zero attached hydrogens (tertiary/aromatic N) is 3. The molecule has 5 nitrogen and oxygen atoms in total. The van der Waals surface area contributed by atoms with E-state index in [-0.39, 0.29) is 5.82 Å². The monoisotopic (exact) mass is 476 g/mol. The van der Waals surface area contributed by atoms with E-state index in [9.17, 15) is 0 Å². The summed E-state index contributed by atoms with van der Waals surface area (Å²) in [5.74, 6) is 0.958. The Morgan fingerprint density at radius 2 is 1.73 bits per heavy atom. The van der Waals surface area contributed by atoms with Gasteiger partial charge in [0.05, 0.1) is 5.70 Å². The summed E-state index contributed by atoms with van der Waals surface area (Å²) in [6, 6.07) is 21.6. The number of nitrogens with one attached hydrogen (secondary N) is 1. The van der Waals surface area contributed by atoms with Crippen molar-refractivity contribution in [2.45, 2.75) is 17.3 Å². The maximum absolute atomic E-state index is 15.2. The third-order valence-corrected chi connectivity index (χ3v) is 6.81. The van der Waals surface area contributed by atoms with E-state index in [2.05, 4.69) is 15.4 Å². The highest BCUT2D eigenvalue weighted by molar-refractivity contribution is 7.98. The van der Waals surface area contributed by atoms with Crippen LogP contribution < -0.4 is 10.1 Å². The molecule has 0 amide bonds. The van der Waals surface area contributed by atoms with E-state index in [1.807, 2.05) is 60.9 Å². The number of benzene rings is 3. The Balaban J connectivity index is 1.67. The molecule has 0 aliphatic carbocycles. The molecule has 0 radical (unpaired) electrons. The zero-order valence-corrected chi connectivity index (χ0v) is 19.1. The second kappa shape index (κ2) is 7.93. The minimum absolute atomic E-state index is 0.319. The lowest BCUT2D eigenvalue weighted by molar-refractivity contribution is 0.222. The van der Waals surface area contributed by atoms with Crippen molar-refractivity contribution in [3.05, 3.63) is 106 Å². The van der Waals surface area contributed by atoms with Crippen LogP contribution in [-0.4, -0.2) is 21.0 Å². The fourth-order valence-electron chi connectivity index (χ4n) is 4.49.